The molecule has 0 saturated carbocycles. The topological polar surface area (TPSA) is 78.5 Å². The molecule has 1 heterocycles. The van der Waals surface area contributed by atoms with Gasteiger partial charge in [0, 0.05) is 5.56 Å². The van der Waals surface area contributed by atoms with Gasteiger partial charge in [0.25, 0.3) is 0 Å². The number of H-pyrrole nitrogens is 1. The largest absolute Gasteiger partial charge is 0.340 e. The Kier molecular flexibility index (Phi) is 3.50. The molecule has 0 aliphatic heterocycles. The van der Waals surface area contributed by atoms with E-state index in [0.717, 1.165) is 16.8 Å². The van der Waals surface area contributed by atoms with Crippen LogP contribution >= 0.6 is 0 Å². The van der Waals surface area contributed by atoms with Gasteiger partial charge in [-0.25, -0.2) is 4.98 Å². The number of hydrogen-bond donors (Lipinski definition) is 2. The number of aromatic amines is 1. The number of rotatable bonds is 3. The van der Waals surface area contributed by atoms with Crippen molar-refractivity contribution in [1.82, 2.24) is 9.97 Å². The number of nitrogens with two attached hydrogens (primary N) is 1. The summed E-state index contributed by atoms with van der Waals surface area (Å²) in [6.45, 7) is 0. The van der Waals surface area contributed by atoms with Gasteiger partial charge >= 0.3 is 0 Å². The minimum absolute atomic E-state index is 0.293. The van der Waals surface area contributed by atoms with Crippen LogP contribution in [-0.4, -0.2) is 9.97 Å². The minimum Gasteiger partial charge on any atom is -0.340 e. The van der Waals surface area contributed by atoms with Crippen LogP contribution in [-0.2, 0) is 0 Å². The number of nitrogens with zero attached hydrogens (tertiary/aromatic N) is 2. The first-order valence-electron chi connectivity index (χ1n) is 6.64. The van der Waals surface area contributed by atoms with Crippen LogP contribution in [0, 0.1) is 11.3 Å². The van der Waals surface area contributed by atoms with E-state index in [-0.39, 0.29) is 6.04 Å². The van der Waals surface area contributed by atoms with E-state index in [1.165, 1.54) is 0 Å². The van der Waals surface area contributed by atoms with Gasteiger partial charge < -0.3 is 10.7 Å². The lowest BCUT2D eigenvalue weighted by molar-refractivity contribution is 0.801. The Labute approximate surface area is 122 Å². The Morgan fingerprint density at radius 2 is 1.90 bits per heavy atom. The third-order valence-corrected chi connectivity index (χ3v) is 3.35. The fourth-order valence-electron chi connectivity index (χ4n) is 2.22. The molecule has 0 bridgehead atoms. The fourth-order valence-corrected chi connectivity index (χ4v) is 2.22. The van der Waals surface area contributed by atoms with Gasteiger partial charge in [-0.1, -0.05) is 42.5 Å². The molecule has 0 fully saturated rings. The maximum atomic E-state index is 8.96. The SMILES string of the molecule is N#Cc1cccc(-c2cnc(C(N)c3ccccc3)[nH]2)c1. The van der Waals surface area contributed by atoms with Crippen LogP contribution in [0.2, 0.25) is 0 Å². The fraction of sp³-hybridized carbons (Fsp3) is 0.0588. The molecule has 21 heavy (non-hydrogen) atoms. The molecule has 0 saturated heterocycles. The number of hydrogen-bond acceptors (Lipinski definition) is 3. The second-order valence-corrected chi connectivity index (χ2v) is 4.76. The average molecular weight is 274 g/mol. The van der Waals surface area contributed by atoms with Crippen LogP contribution in [0.4, 0.5) is 0 Å². The maximum Gasteiger partial charge on any atom is 0.128 e. The van der Waals surface area contributed by atoms with Gasteiger partial charge in [-0.2, -0.15) is 5.26 Å². The van der Waals surface area contributed by atoms with Crippen molar-refractivity contribution in [2.24, 2.45) is 5.73 Å². The molecule has 0 radical (unpaired) electrons. The van der Waals surface area contributed by atoms with E-state index in [2.05, 4.69) is 16.0 Å². The van der Waals surface area contributed by atoms with Crippen molar-refractivity contribution in [2.45, 2.75) is 6.04 Å². The normalized spacial score (nSPS) is 11.8. The summed E-state index contributed by atoms with van der Waals surface area (Å²) >= 11 is 0. The van der Waals surface area contributed by atoms with E-state index in [4.69, 9.17) is 11.0 Å². The molecule has 0 amide bonds. The molecule has 1 atom stereocenters. The van der Waals surface area contributed by atoms with Gasteiger partial charge in [0.15, 0.2) is 0 Å². The molecule has 4 heteroatoms. The molecule has 0 aliphatic carbocycles. The van der Waals surface area contributed by atoms with E-state index >= 15 is 0 Å². The summed E-state index contributed by atoms with van der Waals surface area (Å²) in [6.07, 6.45) is 1.74. The zero-order chi connectivity index (χ0) is 14.7. The predicted molar refractivity (Wildman–Crippen MR) is 81.2 cm³/mol. The lowest BCUT2D eigenvalue weighted by Gasteiger charge is -2.08. The Morgan fingerprint density at radius 3 is 2.67 bits per heavy atom. The summed E-state index contributed by atoms with van der Waals surface area (Å²) in [6, 6.07) is 19.0. The van der Waals surface area contributed by atoms with Crippen molar-refractivity contribution >= 4 is 0 Å². The summed E-state index contributed by atoms with van der Waals surface area (Å²) in [4.78, 5) is 7.59. The summed E-state index contributed by atoms with van der Waals surface area (Å²) in [5, 5.41) is 8.96. The highest BCUT2D eigenvalue weighted by atomic mass is 15.0. The number of nitrogens with one attached hydrogen (secondary N) is 1. The Morgan fingerprint density at radius 1 is 1.10 bits per heavy atom. The zero-order valence-electron chi connectivity index (χ0n) is 11.3. The summed E-state index contributed by atoms with van der Waals surface area (Å²) in [7, 11) is 0. The standard InChI is InChI=1S/C17H14N4/c18-10-12-5-4-8-14(9-12)15-11-20-17(21-15)16(19)13-6-2-1-3-7-13/h1-9,11,16H,19H2,(H,20,21). The maximum absolute atomic E-state index is 8.96. The minimum atomic E-state index is -0.293. The Bertz CT molecular complexity index is 784. The van der Waals surface area contributed by atoms with Gasteiger partial charge in [-0.15, -0.1) is 0 Å². The summed E-state index contributed by atoms with van der Waals surface area (Å²) in [5.74, 6) is 0.707. The number of benzene rings is 2. The van der Waals surface area contributed by atoms with Crippen molar-refractivity contribution in [3.8, 4) is 17.3 Å². The van der Waals surface area contributed by atoms with Gasteiger partial charge in [-0.3, -0.25) is 0 Å². The Hall–Kier alpha value is -2.90. The van der Waals surface area contributed by atoms with E-state index in [9.17, 15) is 0 Å². The Balaban J connectivity index is 1.91. The second kappa shape index (κ2) is 5.61. The lowest BCUT2D eigenvalue weighted by atomic mass is 10.1. The molecule has 102 valence electrons. The van der Waals surface area contributed by atoms with E-state index in [1.807, 2.05) is 48.5 Å². The van der Waals surface area contributed by atoms with Gasteiger partial charge in [-0.05, 0) is 17.7 Å². The van der Waals surface area contributed by atoms with Crippen LogP contribution < -0.4 is 5.73 Å². The first-order valence-corrected chi connectivity index (χ1v) is 6.64. The quantitative estimate of drug-likeness (QED) is 0.770. The number of imidazole rings is 1. The molecule has 1 aromatic heterocycles. The molecule has 3 rings (SSSR count). The van der Waals surface area contributed by atoms with Crippen molar-refractivity contribution in [1.29, 1.82) is 5.26 Å². The first-order chi connectivity index (χ1) is 10.3. The van der Waals surface area contributed by atoms with Crippen molar-refractivity contribution in [3.63, 3.8) is 0 Å². The van der Waals surface area contributed by atoms with Crippen LogP contribution in [0.15, 0.2) is 60.8 Å². The van der Waals surface area contributed by atoms with E-state index in [0.29, 0.717) is 11.4 Å². The van der Waals surface area contributed by atoms with Gasteiger partial charge in [0.2, 0.25) is 0 Å². The van der Waals surface area contributed by atoms with Crippen LogP contribution in [0.3, 0.4) is 0 Å². The molecule has 2 aromatic carbocycles. The van der Waals surface area contributed by atoms with Crippen molar-refractivity contribution < 1.29 is 0 Å². The highest BCUT2D eigenvalue weighted by Crippen LogP contribution is 2.22. The molecule has 0 spiro atoms. The lowest BCUT2D eigenvalue weighted by Crippen LogP contribution is -2.13. The van der Waals surface area contributed by atoms with Gasteiger partial charge in [0.05, 0.1) is 29.6 Å². The zero-order valence-corrected chi connectivity index (χ0v) is 11.3. The third-order valence-electron chi connectivity index (χ3n) is 3.35. The molecule has 1 unspecified atom stereocenters. The summed E-state index contributed by atoms with van der Waals surface area (Å²) < 4.78 is 0. The molecular formula is C17H14N4. The molecule has 3 aromatic rings. The van der Waals surface area contributed by atoms with Crippen LogP contribution in [0.25, 0.3) is 11.3 Å². The van der Waals surface area contributed by atoms with Crippen LogP contribution in [0.1, 0.15) is 23.0 Å². The first kappa shape index (κ1) is 13.1. The van der Waals surface area contributed by atoms with Crippen molar-refractivity contribution in [2.75, 3.05) is 0 Å². The van der Waals surface area contributed by atoms with E-state index < -0.39 is 0 Å². The molecule has 4 nitrogen and oxygen atoms in total. The smallest absolute Gasteiger partial charge is 0.128 e. The van der Waals surface area contributed by atoms with Crippen molar-refractivity contribution in [3.05, 3.63) is 77.7 Å². The molecular weight excluding hydrogens is 260 g/mol. The average Bonchev–Trinajstić information content (AvgIpc) is 3.05. The highest BCUT2D eigenvalue weighted by Gasteiger charge is 2.13. The number of aromatic nitrogens is 2. The molecule has 0 aliphatic rings. The molecule has 3 N–H and O–H groups in total. The van der Waals surface area contributed by atoms with Gasteiger partial charge in [0.1, 0.15) is 5.82 Å². The highest BCUT2D eigenvalue weighted by molar-refractivity contribution is 5.61. The predicted octanol–water partition coefficient (Wildman–Crippen LogP) is 3.00. The third kappa shape index (κ3) is 2.69. The monoisotopic (exact) mass is 274 g/mol. The second-order valence-electron chi connectivity index (χ2n) is 4.76. The van der Waals surface area contributed by atoms with E-state index in [1.54, 1.807) is 12.3 Å². The summed E-state index contributed by atoms with van der Waals surface area (Å²) in [5.41, 5.74) is 9.62. The van der Waals surface area contributed by atoms with Crippen LogP contribution in [0.5, 0.6) is 0 Å². The number of nitriles is 1.